The molecule has 0 saturated carbocycles. The molecule has 2 aromatic rings. The number of rotatable bonds is 1. The Bertz CT molecular complexity index is 377. The maximum atomic E-state index is 5.59. The minimum absolute atomic E-state index is 0.732. The summed E-state index contributed by atoms with van der Waals surface area (Å²) in [6, 6.07) is 7.52. The van der Waals surface area contributed by atoms with Crippen molar-refractivity contribution in [2.45, 2.75) is 20.8 Å². The van der Waals surface area contributed by atoms with Crippen molar-refractivity contribution in [1.82, 2.24) is 9.97 Å². The van der Waals surface area contributed by atoms with Crippen LogP contribution in [0.4, 0.5) is 0 Å². The summed E-state index contributed by atoms with van der Waals surface area (Å²) in [5.41, 5.74) is 2.80. The van der Waals surface area contributed by atoms with Crippen LogP contribution in [0.25, 0.3) is 11.4 Å². The van der Waals surface area contributed by atoms with Gasteiger partial charge in [0.2, 0.25) is 0 Å². The Hall–Kier alpha value is -1.64. The first-order valence-corrected chi connectivity index (χ1v) is 5.40. The lowest BCUT2D eigenvalue weighted by atomic mass is 9.95. The van der Waals surface area contributed by atoms with Gasteiger partial charge in [0.15, 0.2) is 5.82 Å². The highest BCUT2D eigenvalue weighted by molar-refractivity contribution is 6.32. The molecule has 0 amide bonds. The molecule has 2 nitrogen and oxygen atoms in total. The first-order chi connectivity index (χ1) is 7.75. The quantitative estimate of drug-likeness (QED) is 0.674. The van der Waals surface area contributed by atoms with Crippen molar-refractivity contribution in [3.05, 3.63) is 42.2 Å². The van der Waals surface area contributed by atoms with Crippen molar-refractivity contribution in [2.24, 2.45) is 0 Å². The summed E-state index contributed by atoms with van der Waals surface area (Å²) in [6.45, 7) is 5.97. The highest BCUT2D eigenvalue weighted by atomic mass is 14.9. The van der Waals surface area contributed by atoms with Crippen LogP contribution in [-0.2, 0) is 0 Å². The Morgan fingerprint density at radius 2 is 1.44 bits per heavy atom. The van der Waals surface area contributed by atoms with Gasteiger partial charge in [0.05, 0.1) is 0 Å². The van der Waals surface area contributed by atoms with E-state index in [-0.39, 0.29) is 0 Å². The standard InChI is InChI=1S/C11H9BN2.C2H6/c1-8-6-13-11(14-7-8)9-2-4-10(12)5-3-9;1-2/h2-7H,1H3;1-2H3. The second kappa shape index (κ2) is 6.06. The van der Waals surface area contributed by atoms with E-state index in [0.29, 0.717) is 0 Å². The van der Waals surface area contributed by atoms with Crippen LogP contribution >= 0.6 is 0 Å². The molecule has 0 unspecified atom stereocenters. The minimum Gasteiger partial charge on any atom is -0.236 e. The maximum absolute atomic E-state index is 5.59. The van der Waals surface area contributed by atoms with Crippen molar-refractivity contribution in [2.75, 3.05) is 0 Å². The van der Waals surface area contributed by atoms with Gasteiger partial charge in [-0.25, -0.2) is 9.97 Å². The zero-order valence-corrected chi connectivity index (χ0v) is 9.94. The molecule has 1 aromatic carbocycles. The molecule has 1 heterocycles. The van der Waals surface area contributed by atoms with E-state index < -0.39 is 0 Å². The number of hydrogen-bond acceptors (Lipinski definition) is 2. The fourth-order valence-electron chi connectivity index (χ4n) is 1.17. The molecule has 1 aromatic heterocycles. The first-order valence-electron chi connectivity index (χ1n) is 5.40. The van der Waals surface area contributed by atoms with E-state index in [1.807, 2.05) is 45.0 Å². The van der Waals surface area contributed by atoms with Gasteiger partial charge in [0.1, 0.15) is 7.85 Å². The third kappa shape index (κ3) is 3.19. The van der Waals surface area contributed by atoms with E-state index in [0.717, 1.165) is 22.4 Å². The summed E-state index contributed by atoms with van der Waals surface area (Å²) < 4.78 is 0. The van der Waals surface area contributed by atoms with Crippen molar-refractivity contribution in [1.29, 1.82) is 0 Å². The summed E-state index contributed by atoms with van der Waals surface area (Å²) in [4.78, 5) is 8.45. The van der Waals surface area contributed by atoms with E-state index in [2.05, 4.69) is 9.97 Å². The number of benzene rings is 1. The highest BCUT2D eigenvalue weighted by Crippen LogP contribution is 2.11. The van der Waals surface area contributed by atoms with Gasteiger partial charge in [-0.15, -0.1) is 0 Å². The van der Waals surface area contributed by atoms with Crippen molar-refractivity contribution < 1.29 is 0 Å². The van der Waals surface area contributed by atoms with Crippen LogP contribution < -0.4 is 5.46 Å². The van der Waals surface area contributed by atoms with E-state index in [1.165, 1.54) is 0 Å². The monoisotopic (exact) mass is 210 g/mol. The van der Waals surface area contributed by atoms with Crippen molar-refractivity contribution in [3.63, 3.8) is 0 Å². The van der Waals surface area contributed by atoms with Gasteiger partial charge in [-0.3, -0.25) is 0 Å². The fourth-order valence-corrected chi connectivity index (χ4v) is 1.17. The van der Waals surface area contributed by atoms with E-state index in [1.54, 1.807) is 12.4 Å². The lowest BCUT2D eigenvalue weighted by molar-refractivity contribution is 1.14. The van der Waals surface area contributed by atoms with Crippen LogP contribution in [0.15, 0.2) is 36.7 Å². The van der Waals surface area contributed by atoms with Gasteiger partial charge in [-0.05, 0) is 12.5 Å². The van der Waals surface area contributed by atoms with Crippen LogP contribution in [0.2, 0.25) is 0 Å². The predicted molar refractivity (Wildman–Crippen MR) is 68.9 cm³/mol. The largest absolute Gasteiger partial charge is 0.236 e. The highest BCUT2D eigenvalue weighted by Gasteiger charge is 1.98. The van der Waals surface area contributed by atoms with Crippen LogP contribution in [0.3, 0.4) is 0 Å². The zero-order chi connectivity index (χ0) is 12.0. The molecular formula is C13H15BN2. The Morgan fingerprint density at radius 1 is 0.938 bits per heavy atom. The van der Waals surface area contributed by atoms with Gasteiger partial charge in [-0.2, -0.15) is 0 Å². The lowest BCUT2D eigenvalue weighted by Gasteiger charge is -2.00. The molecule has 0 fully saturated rings. The second-order valence-corrected chi connectivity index (χ2v) is 3.21. The van der Waals surface area contributed by atoms with Gasteiger partial charge in [-0.1, -0.05) is 43.6 Å². The molecule has 0 spiro atoms. The van der Waals surface area contributed by atoms with Gasteiger partial charge < -0.3 is 0 Å². The molecule has 0 aliphatic carbocycles. The summed E-state index contributed by atoms with van der Waals surface area (Å²) in [6.07, 6.45) is 3.61. The molecule has 0 N–H and O–H groups in total. The van der Waals surface area contributed by atoms with Crippen LogP contribution in [0.1, 0.15) is 19.4 Å². The van der Waals surface area contributed by atoms with Crippen molar-refractivity contribution in [3.8, 4) is 11.4 Å². The summed E-state index contributed by atoms with van der Waals surface area (Å²) in [7, 11) is 5.59. The van der Waals surface area contributed by atoms with E-state index >= 15 is 0 Å². The van der Waals surface area contributed by atoms with Crippen LogP contribution in [0.5, 0.6) is 0 Å². The summed E-state index contributed by atoms with van der Waals surface area (Å²) in [5.74, 6) is 0.732. The normalized spacial score (nSPS) is 9.19. The fraction of sp³-hybridized carbons (Fsp3) is 0.231. The molecule has 0 aliphatic rings. The molecule has 3 heteroatoms. The number of aromatic nitrogens is 2. The van der Waals surface area contributed by atoms with Gasteiger partial charge in [0, 0.05) is 18.0 Å². The number of aryl methyl sites for hydroxylation is 1. The molecular weight excluding hydrogens is 195 g/mol. The summed E-state index contributed by atoms with van der Waals surface area (Å²) >= 11 is 0. The summed E-state index contributed by atoms with van der Waals surface area (Å²) in [5, 5.41) is 0. The average Bonchev–Trinajstić information content (AvgIpc) is 2.34. The topological polar surface area (TPSA) is 25.8 Å². The van der Waals surface area contributed by atoms with E-state index in [9.17, 15) is 0 Å². The van der Waals surface area contributed by atoms with Gasteiger partial charge >= 0.3 is 0 Å². The zero-order valence-electron chi connectivity index (χ0n) is 9.94. The van der Waals surface area contributed by atoms with Crippen molar-refractivity contribution >= 4 is 13.3 Å². The molecule has 80 valence electrons. The Kier molecular flexibility index (Phi) is 4.71. The Balaban J connectivity index is 0.000000606. The Morgan fingerprint density at radius 3 is 1.94 bits per heavy atom. The number of hydrogen-bond donors (Lipinski definition) is 0. The molecule has 0 saturated heterocycles. The van der Waals surface area contributed by atoms with E-state index in [4.69, 9.17) is 7.85 Å². The Labute approximate surface area is 98.2 Å². The smallest absolute Gasteiger partial charge is 0.159 e. The van der Waals surface area contributed by atoms with Crippen LogP contribution in [-0.4, -0.2) is 17.8 Å². The molecule has 0 aliphatic heterocycles. The minimum atomic E-state index is 0.732. The molecule has 2 rings (SSSR count). The lowest BCUT2D eigenvalue weighted by Crippen LogP contribution is -2.00. The third-order valence-corrected chi connectivity index (χ3v) is 1.95. The SMILES string of the molecule is CC.[B]c1ccc(-c2ncc(C)cn2)cc1. The second-order valence-electron chi connectivity index (χ2n) is 3.21. The first kappa shape index (κ1) is 12.4. The number of nitrogens with zero attached hydrogens (tertiary/aromatic N) is 2. The third-order valence-electron chi connectivity index (χ3n) is 1.95. The molecule has 0 bridgehead atoms. The van der Waals surface area contributed by atoms with Gasteiger partial charge in [0.25, 0.3) is 0 Å². The molecule has 2 radical (unpaired) electrons. The average molecular weight is 210 g/mol. The predicted octanol–water partition coefficient (Wildman–Crippen LogP) is 2.27. The molecule has 16 heavy (non-hydrogen) atoms. The molecule has 0 atom stereocenters. The maximum Gasteiger partial charge on any atom is 0.159 e. The van der Waals surface area contributed by atoms with Crippen LogP contribution in [0, 0.1) is 6.92 Å².